The molecule has 4 nitrogen and oxygen atoms in total. The second-order valence-corrected chi connectivity index (χ2v) is 4.08. The summed E-state index contributed by atoms with van der Waals surface area (Å²) in [5.41, 5.74) is 5.54. The van der Waals surface area contributed by atoms with E-state index in [-0.39, 0.29) is 11.8 Å². The van der Waals surface area contributed by atoms with Crippen LogP contribution in [-0.4, -0.2) is 24.0 Å². The number of halogens is 1. The Labute approximate surface area is 93.0 Å². The van der Waals surface area contributed by atoms with Gasteiger partial charge in [0, 0.05) is 24.2 Å². The first-order valence-corrected chi connectivity index (χ1v) is 5.20. The van der Waals surface area contributed by atoms with Crippen LogP contribution in [-0.2, 0) is 4.79 Å². The zero-order valence-corrected chi connectivity index (χ0v) is 8.94. The van der Waals surface area contributed by atoms with Crippen molar-refractivity contribution in [3.8, 4) is 0 Å². The molecule has 0 bridgehead atoms. The fraction of sp³-hybridized carbons (Fsp3) is 0.400. The van der Waals surface area contributed by atoms with E-state index in [1.807, 2.05) is 0 Å². The molecule has 2 N–H and O–H groups in total. The molecule has 1 saturated heterocycles. The molecule has 2 heterocycles. The molecule has 0 radical (unpaired) electrons. The van der Waals surface area contributed by atoms with Gasteiger partial charge in [-0.15, -0.1) is 0 Å². The maximum absolute atomic E-state index is 11.6. The van der Waals surface area contributed by atoms with Gasteiger partial charge in [-0.1, -0.05) is 11.6 Å². The lowest BCUT2D eigenvalue weighted by Crippen LogP contribution is -2.26. The van der Waals surface area contributed by atoms with Gasteiger partial charge in [0.2, 0.25) is 5.91 Å². The van der Waals surface area contributed by atoms with Gasteiger partial charge < -0.3 is 5.73 Å². The summed E-state index contributed by atoms with van der Waals surface area (Å²) in [5.74, 6) is 0.918. The number of carbonyl (C=O) groups excluding carboxylic acids is 1. The molecule has 1 atom stereocenters. The standard InChI is InChI=1S/C10H12ClN3O/c11-8-1-2-13-9(4-8)14-6-7(5-12)3-10(14)15/h1-2,4,7H,3,5-6,12H2. The molecule has 2 rings (SSSR count). The van der Waals surface area contributed by atoms with Gasteiger partial charge in [-0.3, -0.25) is 9.69 Å². The number of nitrogens with two attached hydrogens (primary N) is 1. The summed E-state index contributed by atoms with van der Waals surface area (Å²) >= 11 is 5.84. The number of rotatable bonds is 2. The number of nitrogens with zero attached hydrogens (tertiary/aromatic N) is 2. The van der Waals surface area contributed by atoms with E-state index < -0.39 is 0 Å². The lowest BCUT2D eigenvalue weighted by molar-refractivity contribution is -0.117. The van der Waals surface area contributed by atoms with E-state index in [0.717, 1.165) is 0 Å². The van der Waals surface area contributed by atoms with Crippen molar-refractivity contribution in [3.63, 3.8) is 0 Å². The number of hydrogen-bond donors (Lipinski definition) is 1. The minimum absolute atomic E-state index is 0.0696. The molecule has 0 aliphatic carbocycles. The monoisotopic (exact) mass is 225 g/mol. The fourth-order valence-electron chi connectivity index (χ4n) is 1.70. The minimum Gasteiger partial charge on any atom is -0.330 e. The molecule has 1 unspecified atom stereocenters. The van der Waals surface area contributed by atoms with Crippen molar-refractivity contribution in [3.05, 3.63) is 23.4 Å². The van der Waals surface area contributed by atoms with Crippen LogP contribution in [0.5, 0.6) is 0 Å². The van der Waals surface area contributed by atoms with Crippen LogP contribution >= 0.6 is 11.6 Å². The van der Waals surface area contributed by atoms with Crippen molar-refractivity contribution in [2.24, 2.45) is 11.7 Å². The molecule has 1 fully saturated rings. The maximum Gasteiger partial charge on any atom is 0.228 e. The Hall–Kier alpha value is -1.13. The van der Waals surface area contributed by atoms with Crippen molar-refractivity contribution < 1.29 is 4.79 Å². The summed E-state index contributed by atoms with van der Waals surface area (Å²) < 4.78 is 0. The molecule has 1 aromatic heterocycles. The highest BCUT2D eigenvalue weighted by Gasteiger charge is 2.30. The van der Waals surface area contributed by atoms with Gasteiger partial charge in [0.25, 0.3) is 0 Å². The van der Waals surface area contributed by atoms with E-state index in [2.05, 4.69) is 4.98 Å². The molecule has 15 heavy (non-hydrogen) atoms. The Morgan fingerprint density at radius 1 is 1.67 bits per heavy atom. The van der Waals surface area contributed by atoms with E-state index in [0.29, 0.717) is 30.4 Å². The summed E-state index contributed by atoms with van der Waals surface area (Å²) in [4.78, 5) is 17.4. The van der Waals surface area contributed by atoms with Gasteiger partial charge >= 0.3 is 0 Å². The molecule has 1 aromatic rings. The molecule has 1 amide bonds. The summed E-state index contributed by atoms with van der Waals surface area (Å²) in [6.07, 6.45) is 2.10. The number of carbonyl (C=O) groups is 1. The number of pyridine rings is 1. The van der Waals surface area contributed by atoms with E-state index in [4.69, 9.17) is 17.3 Å². The Bertz CT molecular complexity index is 383. The van der Waals surface area contributed by atoms with Crippen LogP contribution in [0.4, 0.5) is 5.82 Å². The molecule has 1 aliphatic heterocycles. The Kier molecular flexibility index (Phi) is 2.88. The highest BCUT2D eigenvalue weighted by molar-refractivity contribution is 6.30. The van der Waals surface area contributed by atoms with Crippen LogP contribution in [0.25, 0.3) is 0 Å². The van der Waals surface area contributed by atoms with Crippen LogP contribution in [0.2, 0.25) is 5.02 Å². The SMILES string of the molecule is NCC1CC(=O)N(c2cc(Cl)ccn2)C1. The Morgan fingerprint density at radius 2 is 2.47 bits per heavy atom. The normalized spacial score (nSPS) is 21.1. The van der Waals surface area contributed by atoms with Crippen molar-refractivity contribution in [2.75, 3.05) is 18.0 Å². The number of amides is 1. The number of hydrogen-bond acceptors (Lipinski definition) is 3. The Morgan fingerprint density at radius 3 is 3.07 bits per heavy atom. The lowest BCUT2D eigenvalue weighted by Gasteiger charge is -2.15. The van der Waals surface area contributed by atoms with Gasteiger partial charge in [-0.05, 0) is 24.6 Å². The van der Waals surface area contributed by atoms with Crippen LogP contribution < -0.4 is 10.6 Å². The molecule has 0 aromatic carbocycles. The van der Waals surface area contributed by atoms with Crippen molar-refractivity contribution >= 4 is 23.3 Å². The zero-order valence-electron chi connectivity index (χ0n) is 8.19. The van der Waals surface area contributed by atoms with Crippen LogP contribution in [0.3, 0.4) is 0 Å². The third-order valence-electron chi connectivity index (χ3n) is 2.52. The van der Waals surface area contributed by atoms with Gasteiger partial charge in [0.15, 0.2) is 0 Å². The summed E-state index contributed by atoms with van der Waals surface area (Å²) in [7, 11) is 0. The third-order valence-corrected chi connectivity index (χ3v) is 2.76. The van der Waals surface area contributed by atoms with Crippen LogP contribution in [0, 0.1) is 5.92 Å². The van der Waals surface area contributed by atoms with Gasteiger partial charge in [-0.25, -0.2) is 4.98 Å². The predicted octanol–water partition coefficient (Wildman–Crippen LogP) is 1.05. The largest absolute Gasteiger partial charge is 0.330 e. The highest BCUT2D eigenvalue weighted by Crippen LogP contribution is 2.24. The smallest absolute Gasteiger partial charge is 0.228 e. The van der Waals surface area contributed by atoms with Gasteiger partial charge in [-0.2, -0.15) is 0 Å². The van der Waals surface area contributed by atoms with Gasteiger partial charge in [0.05, 0.1) is 0 Å². The third kappa shape index (κ3) is 2.11. The molecule has 5 heteroatoms. The highest BCUT2D eigenvalue weighted by atomic mass is 35.5. The lowest BCUT2D eigenvalue weighted by atomic mass is 10.1. The fourth-order valence-corrected chi connectivity index (χ4v) is 1.86. The molecular formula is C10H12ClN3O. The summed E-state index contributed by atoms with van der Waals surface area (Å²) in [6.45, 7) is 1.17. The van der Waals surface area contributed by atoms with E-state index in [1.165, 1.54) is 0 Å². The second-order valence-electron chi connectivity index (χ2n) is 3.64. The number of anilines is 1. The summed E-state index contributed by atoms with van der Waals surface area (Å²) in [6, 6.07) is 3.38. The quantitative estimate of drug-likeness (QED) is 0.819. The van der Waals surface area contributed by atoms with Crippen LogP contribution in [0.1, 0.15) is 6.42 Å². The van der Waals surface area contributed by atoms with Crippen molar-refractivity contribution in [1.82, 2.24) is 4.98 Å². The predicted molar refractivity (Wildman–Crippen MR) is 58.8 cm³/mol. The topological polar surface area (TPSA) is 59.2 Å². The molecule has 80 valence electrons. The molecule has 0 saturated carbocycles. The van der Waals surface area contributed by atoms with Gasteiger partial charge in [0.1, 0.15) is 5.82 Å². The first-order chi connectivity index (χ1) is 7.20. The van der Waals surface area contributed by atoms with Crippen molar-refractivity contribution in [2.45, 2.75) is 6.42 Å². The number of aromatic nitrogens is 1. The maximum atomic E-state index is 11.6. The van der Waals surface area contributed by atoms with Crippen LogP contribution in [0.15, 0.2) is 18.3 Å². The molecule has 0 spiro atoms. The minimum atomic E-state index is 0.0696. The molecule has 1 aliphatic rings. The Balaban J connectivity index is 2.21. The first-order valence-electron chi connectivity index (χ1n) is 4.82. The van der Waals surface area contributed by atoms with E-state index >= 15 is 0 Å². The van der Waals surface area contributed by atoms with E-state index in [1.54, 1.807) is 23.2 Å². The average molecular weight is 226 g/mol. The zero-order chi connectivity index (χ0) is 10.8. The second kappa shape index (κ2) is 4.16. The molecular weight excluding hydrogens is 214 g/mol. The summed E-state index contributed by atoms with van der Waals surface area (Å²) in [5, 5.41) is 0.587. The van der Waals surface area contributed by atoms with E-state index in [9.17, 15) is 4.79 Å². The van der Waals surface area contributed by atoms with Crippen molar-refractivity contribution in [1.29, 1.82) is 0 Å². The average Bonchev–Trinajstić information content (AvgIpc) is 2.60. The first kappa shape index (κ1) is 10.4.